The zero-order valence-electron chi connectivity index (χ0n) is 39.8. The summed E-state index contributed by atoms with van der Waals surface area (Å²) in [6.45, 7) is 13.7. The van der Waals surface area contributed by atoms with Gasteiger partial charge >= 0.3 is 0 Å². The fourth-order valence-corrected chi connectivity index (χ4v) is 23.9. The SMILES string of the molecule is CC(C)(C)c1ccc(N2c3cccc4c3[Si]3(c5ccccc5)c5c(cccc5Oc5c6c7c(c2c53)Oc2cccc3c2[Si]7(c2ccccc2)c2c(cccc2N6c2ccc(C(C)(C)C)cc2)O3)O4)cc1. The molecule has 8 heteroatoms. The Labute approximate surface area is 410 Å². The van der Waals surface area contributed by atoms with Crippen LogP contribution < -0.4 is 70.2 Å². The summed E-state index contributed by atoms with van der Waals surface area (Å²) in [4.78, 5) is 4.98. The molecule has 0 N–H and O–H groups in total. The van der Waals surface area contributed by atoms with E-state index in [2.05, 4.69) is 233 Å². The van der Waals surface area contributed by atoms with Crippen LogP contribution >= 0.6 is 0 Å². The Morgan fingerprint density at radius 1 is 0.314 bits per heavy atom. The van der Waals surface area contributed by atoms with Gasteiger partial charge in [0.1, 0.15) is 34.5 Å². The maximum Gasteiger partial charge on any atom is 0.203 e. The van der Waals surface area contributed by atoms with E-state index in [0.29, 0.717) is 0 Å². The van der Waals surface area contributed by atoms with E-state index in [1.807, 2.05) is 0 Å². The van der Waals surface area contributed by atoms with Gasteiger partial charge in [-0.2, -0.15) is 0 Å². The smallest absolute Gasteiger partial charge is 0.203 e. The molecule has 0 amide bonds. The predicted molar refractivity (Wildman–Crippen MR) is 288 cm³/mol. The van der Waals surface area contributed by atoms with Gasteiger partial charge in [0.15, 0.2) is 11.5 Å². The molecule has 0 aromatic heterocycles. The molecule has 15 rings (SSSR count). The van der Waals surface area contributed by atoms with Crippen molar-refractivity contribution in [3.63, 3.8) is 0 Å². The predicted octanol–water partition coefficient (Wildman–Crippen LogP) is 11.0. The van der Waals surface area contributed by atoms with Gasteiger partial charge in [-0.25, -0.2) is 0 Å². The first-order valence-electron chi connectivity index (χ1n) is 24.4. The molecule has 6 aliphatic heterocycles. The van der Waals surface area contributed by atoms with Crippen LogP contribution in [0.4, 0.5) is 34.1 Å². The summed E-state index contributed by atoms with van der Waals surface area (Å²) in [6, 6.07) is 66.9. The molecule has 6 nitrogen and oxygen atoms in total. The highest BCUT2D eigenvalue weighted by Gasteiger charge is 2.66. The van der Waals surface area contributed by atoms with Gasteiger partial charge in [-0.05, 0) is 105 Å². The molecule has 9 aromatic carbocycles. The summed E-state index contributed by atoms with van der Waals surface area (Å²) in [5.41, 5.74) is 8.75. The Morgan fingerprint density at radius 2 is 0.643 bits per heavy atom. The highest BCUT2D eigenvalue weighted by molar-refractivity contribution is 7.25. The van der Waals surface area contributed by atoms with Crippen molar-refractivity contribution < 1.29 is 18.9 Å². The quantitative estimate of drug-likeness (QED) is 0.164. The van der Waals surface area contributed by atoms with E-state index < -0.39 is 16.1 Å². The first-order valence-corrected chi connectivity index (χ1v) is 28.4. The van der Waals surface area contributed by atoms with Gasteiger partial charge in [-0.3, -0.25) is 0 Å². The maximum absolute atomic E-state index is 7.89. The molecule has 0 saturated heterocycles. The number of benzene rings is 9. The Hall–Kier alpha value is -7.79. The fraction of sp³-hybridized carbons (Fsp3) is 0.129. The van der Waals surface area contributed by atoms with Crippen molar-refractivity contribution in [2.75, 3.05) is 9.80 Å². The fourth-order valence-electron chi connectivity index (χ4n) is 12.9. The molecule has 0 fully saturated rings. The topological polar surface area (TPSA) is 43.4 Å². The minimum atomic E-state index is -3.41. The average Bonchev–Trinajstić information content (AvgIpc) is 3.37. The molecule has 2 unspecified atom stereocenters. The maximum atomic E-state index is 7.89. The molecule has 0 saturated carbocycles. The van der Waals surface area contributed by atoms with Crippen LogP contribution in [0.3, 0.4) is 0 Å². The van der Waals surface area contributed by atoms with Crippen molar-refractivity contribution >= 4 is 91.8 Å². The summed E-state index contributed by atoms with van der Waals surface area (Å²) in [5.74, 6) is 6.80. The van der Waals surface area contributed by atoms with E-state index in [9.17, 15) is 0 Å². The van der Waals surface area contributed by atoms with Crippen LogP contribution in [0.2, 0.25) is 0 Å². The number of fused-ring (bicyclic) bond motifs is 2. The second kappa shape index (κ2) is 13.5. The average molecular weight is 941 g/mol. The van der Waals surface area contributed by atoms with E-state index in [1.165, 1.54) is 31.9 Å². The van der Waals surface area contributed by atoms with Crippen molar-refractivity contribution in [3.8, 4) is 46.0 Å². The van der Waals surface area contributed by atoms with Gasteiger partial charge in [0.25, 0.3) is 0 Å². The lowest BCUT2D eigenvalue weighted by Gasteiger charge is -2.55. The lowest BCUT2D eigenvalue weighted by atomic mass is 9.87. The van der Waals surface area contributed by atoms with Crippen molar-refractivity contribution in [1.29, 1.82) is 0 Å². The van der Waals surface area contributed by atoms with E-state index in [1.54, 1.807) is 0 Å². The lowest BCUT2D eigenvalue weighted by molar-refractivity contribution is 0.456. The van der Waals surface area contributed by atoms with Gasteiger partial charge in [0.2, 0.25) is 16.1 Å². The molecule has 2 atom stereocenters. The molecule has 9 aromatic rings. The zero-order chi connectivity index (χ0) is 47.1. The Morgan fingerprint density at radius 3 is 1.00 bits per heavy atom. The molecule has 0 radical (unpaired) electrons. The lowest BCUT2D eigenvalue weighted by Crippen LogP contribution is -2.82. The summed E-state index contributed by atoms with van der Waals surface area (Å²) in [6.07, 6.45) is 0. The van der Waals surface area contributed by atoms with Crippen LogP contribution in [-0.4, -0.2) is 16.1 Å². The van der Waals surface area contributed by atoms with Gasteiger partial charge < -0.3 is 28.7 Å². The number of nitrogens with zero attached hydrogens (tertiary/aromatic N) is 2. The highest BCUT2D eigenvalue weighted by atomic mass is 28.3. The third-order valence-corrected chi connectivity index (χ3v) is 25.6. The molecular weight excluding hydrogens is 893 g/mol. The molecule has 0 aliphatic carbocycles. The second-order valence-electron chi connectivity index (χ2n) is 21.6. The minimum Gasteiger partial charge on any atom is -0.457 e. The summed E-state index contributed by atoms with van der Waals surface area (Å²) >= 11 is 0. The zero-order valence-corrected chi connectivity index (χ0v) is 41.8. The number of hydrogen-bond acceptors (Lipinski definition) is 6. The highest BCUT2D eigenvalue weighted by Crippen LogP contribution is 2.59. The van der Waals surface area contributed by atoms with Gasteiger partial charge in [-0.15, -0.1) is 0 Å². The standard InChI is InChI=1S/C62H48N2O4Si2/c1-61(2,3)37-29-33-39(34-30-37)63-43-21-13-23-45-55(43)69(41-17-9-7-10-18-41)57-47(65-45)25-16-28-50(57)68-54-52-60-53(51(63)59(54)69)67-49-27-15-26-48-58(49)70(60,42-19-11-8-12-20-42)56-44(22-14-24-46(56)66-48)64(52)40-35-31-38(32-36-40)62(4,5)6/h7-36H,1-6H3. The largest absolute Gasteiger partial charge is 0.457 e. The van der Waals surface area contributed by atoms with Crippen molar-refractivity contribution in [1.82, 2.24) is 0 Å². The first kappa shape index (κ1) is 40.1. The van der Waals surface area contributed by atoms with Crippen molar-refractivity contribution in [3.05, 3.63) is 193 Å². The third-order valence-electron chi connectivity index (χ3n) is 15.8. The molecule has 6 aliphatic rings. The molecule has 338 valence electrons. The van der Waals surface area contributed by atoms with Gasteiger partial charge in [0.05, 0.1) is 22.7 Å². The summed E-state index contributed by atoms with van der Waals surface area (Å²) in [7, 11) is -6.81. The van der Waals surface area contributed by atoms with Crippen LogP contribution in [-0.2, 0) is 10.8 Å². The number of ether oxygens (including phenoxy) is 4. The number of hydrogen-bond donors (Lipinski definition) is 0. The van der Waals surface area contributed by atoms with Crippen LogP contribution in [0.15, 0.2) is 182 Å². The third kappa shape index (κ3) is 4.87. The molecule has 0 bridgehead atoms. The summed E-state index contributed by atoms with van der Waals surface area (Å²) < 4.78 is 30.1. The Balaban J connectivity index is 1.20. The minimum absolute atomic E-state index is 0.0403. The summed E-state index contributed by atoms with van der Waals surface area (Å²) in [5, 5.41) is 9.54. The normalized spacial score (nSPS) is 18.7. The van der Waals surface area contributed by atoms with Crippen LogP contribution in [0.25, 0.3) is 0 Å². The second-order valence-corrected chi connectivity index (χ2v) is 28.7. The number of rotatable bonds is 4. The van der Waals surface area contributed by atoms with Gasteiger partial charge in [0, 0.05) is 42.5 Å². The van der Waals surface area contributed by atoms with Crippen LogP contribution in [0.5, 0.6) is 46.0 Å². The molecule has 70 heavy (non-hydrogen) atoms. The van der Waals surface area contributed by atoms with Crippen molar-refractivity contribution in [2.24, 2.45) is 0 Å². The van der Waals surface area contributed by atoms with Crippen LogP contribution in [0.1, 0.15) is 52.7 Å². The van der Waals surface area contributed by atoms with E-state index >= 15 is 0 Å². The van der Waals surface area contributed by atoms with E-state index in [4.69, 9.17) is 18.9 Å². The first-order chi connectivity index (χ1) is 34.0. The monoisotopic (exact) mass is 940 g/mol. The molecule has 6 heterocycles. The Kier molecular flexibility index (Phi) is 7.74. The molecule has 0 spiro atoms. The Bertz CT molecular complexity index is 3500. The van der Waals surface area contributed by atoms with E-state index in [0.717, 1.165) is 101 Å². The molecular formula is C62H48N2O4Si2. The number of anilines is 6. The van der Waals surface area contributed by atoms with Crippen LogP contribution in [0, 0.1) is 0 Å². The van der Waals surface area contributed by atoms with Crippen molar-refractivity contribution in [2.45, 2.75) is 52.4 Å². The van der Waals surface area contributed by atoms with Gasteiger partial charge in [-0.1, -0.05) is 151 Å². The van der Waals surface area contributed by atoms with E-state index in [-0.39, 0.29) is 10.8 Å².